The Balaban J connectivity index is 2.07. The average Bonchev–Trinajstić information content (AvgIpc) is 2.19. The van der Waals surface area contributed by atoms with Crippen molar-refractivity contribution in [2.24, 2.45) is 0 Å². The lowest BCUT2D eigenvalue weighted by molar-refractivity contribution is 0.671. The highest BCUT2D eigenvalue weighted by Crippen LogP contribution is 2.07. The Labute approximate surface area is 88.7 Å². The molecule has 0 amide bonds. The zero-order chi connectivity index (χ0) is 9.36. The van der Waals surface area contributed by atoms with Gasteiger partial charge in [-0.15, -0.1) is 0 Å². The van der Waals surface area contributed by atoms with Gasteiger partial charge in [0.15, 0.2) is 0 Å². The number of hydrogen-bond acceptors (Lipinski definition) is 1. The van der Waals surface area contributed by atoms with Crippen LogP contribution >= 0.6 is 15.9 Å². The number of rotatable bonds is 6. The Kier molecular flexibility index (Phi) is 5.83. The fraction of sp³-hybridized carbons (Fsp3) is 0.545. The van der Waals surface area contributed by atoms with E-state index in [1.807, 2.05) is 12.4 Å². The third-order valence-corrected chi connectivity index (χ3v) is 2.66. The molecule has 1 aromatic rings. The molecule has 0 saturated carbocycles. The van der Waals surface area contributed by atoms with Crippen molar-refractivity contribution in [2.45, 2.75) is 32.1 Å². The average molecular weight is 242 g/mol. The van der Waals surface area contributed by atoms with Crippen molar-refractivity contribution in [2.75, 3.05) is 5.33 Å². The summed E-state index contributed by atoms with van der Waals surface area (Å²) in [7, 11) is 0. The van der Waals surface area contributed by atoms with Gasteiger partial charge in [0.25, 0.3) is 0 Å². The van der Waals surface area contributed by atoms with Crippen LogP contribution in [-0.2, 0) is 6.42 Å². The van der Waals surface area contributed by atoms with Gasteiger partial charge >= 0.3 is 0 Å². The van der Waals surface area contributed by atoms with E-state index in [4.69, 9.17) is 0 Å². The molecule has 1 aromatic heterocycles. The van der Waals surface area contributed by atoms with Crippen LogP contribution < -0.4 is 0 Å². The lowest BCUT2D eigenvalue weighted by atomic mass is 10.1. The van der Waals surface area contributed by atoms with Crippen molar-refractivity contribution >= 4 is 15.9 Å². The van der Waals surface area contributed by atoms with Gasteiger partial charge in [-0.25, -0.2) is 0 Å². The lowest BCUT2D eigenvalue weighted by Gasteiger charge is -1.99. The first-order valence-electron chi connectivity index (χ1n) is 4.88. The van der Waals surface area contributed by atoms with Crippen molar-refractivity contribution in [3.8, 4) is 0 Å². The molecule has 0 unspecified atom stereocenters. The van der Waals surface area contributed by atoms with Gasteiger partial charge in [-0.1, -0.05) is 28.8 Å². The molecule has 0 radical (unpaired) electrons. The summed E-state index contributed by atoms with van der Waals surface area (Å²) in [5.74, 6) is 0. The standard InChI is InChI=1S/C11H16BrN/c12-8-4-2-1-3-5-11-6-9-13-10-7-11/h6-7,9-10H,1-5,8H2. The highest BCUT2D eigenvalue weighted by atomic mass is 79.9. The molecule has 0 atom stereocenters. The summed E-state index contributed by atoms with van der Waals surface area (Å²) < 4.78 is 0. The quantitative estimate of drug-likeness (QED) is 0.548. The maximum Gasteiger partial charge on any atom is 0.0270 e. The summed E-state index contributed by atoms with van der Waals surface area (Å²) in [6.45, 7) is 0. The molecule has 0 aliphatic carbocycles. The topological polar surface area (TPSA) is 12.9 Å². The van der Waals surface area contributed by atoms with Gasteiger partial charge in [0, 0.05) is 17.7 Å². The van der Waals surface area contributed by atoms with E-state index in [1.54, 1.807) is 0 Å². The number of alkyl halides is 1. The smallest absolute Gasteiger partial charge is 0.0270 e. The molecule has 0 aliphatic rings. The van der Waals surface area contributed by atoms with E-state index in [0.29, 0.717) is 0 Å². The number of aryl methyl sites for hydroxylation is 1. The van der Waals surface area contributed by atoms with Crippen molar-refractivity contribution < 1.29 is 0 Å². The van der Waals surface area contributed by atoms with Crippen LogP contribution in [0.2, 0.25) is 0 Å². The van der Waals surface area contributed by atoms with Crippen molar-refractivity contribution in [1.29, 1.82) is 0 Å². The number of hydrogen-bond donors (Lipinski definition) is 0. The third-order valence-electron chi connectivity index (χ3n) is 2.10. The first-order chi connectivity index (χ1) is 6.43. The lowest BCUT2D eigenvalue weighted by Crippen LogP contribution is -1.86. The van der Waals surface area contributed by atoms with Gasteiger partial charge in [0.2, 0.25) is 0 Å². The number of pyridine rings is 1. The molecule has 0 spiro atoms. The second-order valence-corrected chi connectivity index (χ2v) is 4.00. The SMILES string of the molecule is BrCCCCCCc1ccncc1. The first kappa shape index (κ1) is 10.7. The Morgan fingerprint density at radius 1 is 1.00 bits per heavy atom. The second-order valence-electron chi connectivity index (χ2n) is 3.21. The Bertz CT molecular complexity index is 211. The fourth-order valence-electron chi connectivity index (χ4n) is 1.33. The maximum atomic E-state index is 4.00. The molecule has 0 bridgehead atoms. The zero-order valence-corrected chi connectivity index (χ0v) is 9.46. The van der Waals surface area contributed by atoms with Crippen LogP contribution in [0.3, 0.4) is 0 Å². The normalized spacial score (nSPS) is 10.2. The van der Waals surface area contributed by atoms with Crippen LogP contribution in [0.25, 0.3) is 0 Å². The summed E-state index contributed by atoms with van der Waals surface area (Å²) in [4.78, 5) is 4.00. The van der Waals surface area contributed by atoms with Crippen LogP contribution in [0.4, 0.5) is 0 Å². The molecular formula is C11H16BrN. The van der Waals surface area contributed by atoms with E-state index in [-0.39, 0.29) is 0 Å². The summed E-state index contributed by atoms with van der Waals surface area (Å²) in [6, 6.07) is 4.20. The molecule has 0 fully saturated rings. The van der Waals surface area contributed by atoms with Crippen LogP contribution in [0.15, 0.2) is 24.5 Å². The molecule has 0 aromatic carbocycles. The maximum absolute atomic E-state index is 4.00. The fourth-order valence-corrected chi connectivity index (χ4v) is 1.72. The summed E-state index contributed by atoms with van der Waals surface area (Å²) in [5.41, 5.74) is 1.41. The third kappa shape index (κ3) is 5.04. The van der Waals surface area contributed by atoms with Crippen LogP contribution in [0.5, 0.6) is 0 Å². The van der Waals surface area contributed by atoms with Gasteiger partial charge in [0.1, 0.15) is 0 Å². The Hall–Kier alpha value is -0.370. The molecule has 13 heavy (non-hydrogen) atoms. The predicted molar refractivity (Wildman–Crippen MR) is 60.2 cm³/mol. The molecule has 0 N–H and O–H groups in total. The molecule has 0 aliphatic heterocycles. The molecule has 0 saturated heterocycles. The summed E-state index contributed by atoms with van der Waals surface area (Å²) in [5, 5.41) is 1.14. The molecule has 72 valence electrons. The summed E-state index contributed by atoms with van der Waals surface area (Å²) in [6.07, 6.45) is 10.2. The molecular weight excluding hydrogens is 226 g/mol. The van der Waals surface area contributed by atoms with E-state index < -0.39 is 0 Å². The van der Waals surface area contributed by atoms with E-state index in [1.165, 1.54) is 37.7 Å². The number of unbranched alkanes of at least 4 members (excludes halogenated alkanes) is 3. The minimum atomic E-state index is 1.14. The molecule has 1 rings (SSSR count). The molecule has 2 heteroatoms. The van der Waals surface area contributed by atoms with Crippen molar-refractivity contribution in [1.82, 2.24) is 4.98 Å². The van der Waals surface area contributed by atoms with E-state index in [0.717, 1.165) is 5.33 Å². The largest absolute Gasteiger partial charge is 0.265 e. The van der Waals surface area contributed by atoms with E-state index in [9.17, 15) is 0 Å². The highest BCUT2D eigenvalue weighted by Gasteiger charge is 1.92. The van der Waals surface area contributed by atoms with E-state index in [2.05, 4.69) is 33.0 Å². The summed E-state index contributed by atoms with van der Waals surface area (Å²) >= 11 is 3.44. The van der Waals surface area contributed by atoms with Crippen molar-refractivity contribution in [3.05, 3.63) is 30.1 Å². The Morgan fingerprint density at radius 2 is 1.69 bits per heavy atom. The van der Waals surface area contributed by atoms with Gasteiger partial charge in [0.05, 0.1) is 0 Å². The monoisotopic (exact) mass is 241 g/mol. The van der Waals surface area contributed by atoms with Crippen LogP contribution in [-0.4, -0.2) is 10.3 Å². The van der Waals surface area contributed by atoms with Gasteiger partial charge in [-0.05, 0) is 37.0 Å². The minimum absolute atomic E-state index is 1.14. The molecule has 1 heterocycles. The number of aromatic nitrogens is 1. The molecule has 1 nitrogen and oxygen atoms in total. The van der Waals surface area contributed by atoms with E-state index >= 15 is 0 Å². The van der Waals surface area contributed by atoms with Gasteiger partial charge < -0.3 is 0 Å². The van der Waals surface area contributed by atoms with Gasteiger partial charge in [-0.2, -0.15) is 0 Å². The first-order valence-corrected chi connectivity index (χ1v) is 6.00. The minimum Gasteiger partial charge on any atom is -0.265 e. The number of nitrogens with zero attached hydrogens (tertiary/aromatic N) is 1. The van der Waals surface area contributed by atoms with Gasteiger partial charge in [-0.3, -0.25) is 4.98 Å². The van der Waals surface area contributed by atoms with Crippen LogP contribution in [0.1, 0.15) is 31.2 Å². The second kappa shape index (κ2) is 7.07. The number of halogens is 1. The van der Waals surface area contributed by atoms with Crippen molar-refractivity contribution in [3.63, 3.8) is 0 Å². The highest BCUT2D eigenvalue weighted by molar-refractivity contribution is 9.09. The zero-order valence-electron chi connectivity index (χ0n) is 7.88. The Morgan fingerprint density at radius 3 is 2.38 bits per heavy atom. The van der Waals surface area contributed by atoms with Crippen LogP contribution in [0, 0.1) is 0 Å². The predicted octanol–water partition coefficient (Wildman–Crippen LogP) is 3.58.